The van der Waals surface area contributed by atoms with Crippen LogP contribution in [0.2, 0.25) is 0 Å². The Labute approximate surface area is 109 Å². The van der Waals surface area contributed by atoms with Crippen LogP contribution in [-0.4, -0.2) is 27.8 Å². The molecular weight excluding hydrogens is 224 g/mol. The van der Waals surface area contributed by atoms with Crippen LogP contribution in [0.5, 0.6) is 0 Å². The van der Waals surface area contributed by atoms with Crippen molar-refractivity contribution in [1.82, 2.24) is 14.7 Å². The molecule has 0 aliphatic carbocycles. The standard InChI is InChI=1S/C14H22N4/c1-11-14(12(2)17(3)16-11)13(10-15)18-8-6-4-5-7-9-18/h13H,4-9H2,1-3H3. The molecule has 0 saturated carbocycles. The highest BCUT2D eigenvalue weighted by Gasteiger charge is 2.26. The zero-order chi connectivity index (χ0) is 13.1. The van der Waals surface area contributed by atoms with Crippen molar-refractivity contribution < 1.29 is 0 Å². The third kappa shape index (κ3) is 2.41. The number of rotatable bonds is 2. The summed E-state index contributed by atoms with van der Waals surface area (Å²) in [5.74, 6) is 0. The van der Waals surface area contributed by atoms with E-state index in [4.69, 9.17) is 0 Å². The molecule has 1 aliphatic rings. The van der Waals surface area contributed by atoms with Crippen LogP contribution in [-0.2, 0) is 7.05 Å². The fourth-order valence-electron chi connectivity index (χ4n) is 2.87. The first-order valence-electron chi connectivity index (χ1n) is 6.79. The van der Waals surface area contributed by atoms with Gasteiger partial charge in [0.2, 0.25) is 0 Å². The number of hydrogen-bond acceptors (Lipinski definition) is 3. The molecule has 1 fully saturated rings. The second-order valence-electron chi connectivity index (χ2n) is 5.19. The molecule has 1 saturated heterocycles. The third-order valence-electron chi connectivity index (χ3n) is 3.97. The monoisotopic (exact) mass is 246 g/mol. The van der Waals surface area contributed by atoms with Crippen LogP contribution in [0.3, 0.4) is 0 Å². The largest absolute Gasteiger partial charge is 0.284 e. The van der Waals surface area contributed by atoms with E-state index >= 15 is 0 Å². The van der Waals surface area contributed by atoms with Gasteiger partial charge in [-0.3, -0.25) is 9.58 Å². The highest BCUT2D eigenvalue weighted by molar-refractivity contribution is 5.32. The zero-order valence-corrected chi connectivity index (χ0v) is 11.6. The van der Waals surface area contributed by atoms with Gasteiger partial charge in [0.25, 0.3) is 0 Å². The minimum Gasteiger partial charge on any atom is -0.284 e. The Bertz CT molecular complexity index is 447. The van der Waals surface area contributed by atoms with Gasteiger partial charge in [-0.1, -0.05) is 12.8 Å². The second-order valence-corrected chi connectivity index (χ2v) is 5.19. The van der Waals surface area contributed by atoms with Crippen molar-refractivity contribution in [2.75, 3.05) is 13.1 Å². The summed E-state index contributed by atoms with van der Waals surface area (Å²) < 4.78 is 1.88. The van der Waals surface area contributed by atoms with Gasteiger partial charge in [-0.25, -0.2) is 0 Å². The number of likely N-dealkylation sites (tertiary alicyclic amines) is 1. The van der Waals surface area contributed by atoms with Crippen molar-refractivity contribution in [2.45, 2.75) is 45.6 Å². The number of aryl methyl sites for hydroxylation is 2. The highest BCUT2D eigenvalue weighted by atomic mass is 15.3. The lowest BCUT2D eigenvalue weighted by atomic mass is 10.0. The smallest absolute Gasteiger partial charge is 0.127 e. The number of hydrogen-bond donors (Lipinski definition) is 0. The summed E-state index contributed by atoms with van der Waals surface area (Å²) in [7, 11) is 1.95. The average molecular weight is 246 g/mol. The Balaban J connectivity index is 2.30. The van der Waals surface area contributed by atoms with Gasteiger partial charge < -0.3 is 0 Å². The maximum absolute atomic E-state index is 9.55. The molecule has 0 radical (unpaired) electrons. The van der Waals surface area contributed by atoms with Crippen LogP contribution < -0.4 is 0 Å². The first kappa shape index (κ1) is 13.1. The van der Waals surface area contributed by atoms with Crippen LogP contribution in [0, 0.1) is 25.2 Å². The number of nitriles is 1. The summed E-state index contributed by atoms with van der Waals surface area (Å²) in [6.45, 7) is 6.12. The third-order valence-corrected chi connectivity index (χ3v) is 3.97. The zero-order valence-electron chi connectivity index (χ0n) is 11.6. The summed E-state index contributed by atoms with van der Waals surface area (Å²) in [5, 5.41) is 14.0. The SMILES string of the molecule is Cc1nn(C)c(C)c1C(C#N)N1CCCCCC1. The van der Waals surface area contributed by atoms with Crippen LogP contribution in [0.4, 0.5) is 0 Å². The molecule has 0 aromatic carbocycles. The van der Waals surface area contributed by atoms with E-state index in [1.807, 2.05) is 18.7 Å². The molecule has 4 heteroatoms. The average Bonchev–Trinajstić information content (AvgIpc) is 2.58. The van der Waals surface area contributed by atoms with Crippen molar-refractivity contribution in [2.24, 2.45) is 7.05 Å². The van der Waals surface area contributed by atoms with Crippen molar-refractivity contribution in [3.63, 3.8) is 0 Å². The van der Waals surface area contributed by atoms with Gasteiger partial charge in [0.1, 0.15) is 6.04 Å². The number of aromatic nitrogens is 2. The molecule has 1 aliphatic heterocycles. The van der Waals surface area contributed by atoms with E-state index in [9.17, 15) is 5.26 Å². The Morgan fingerprint density at radius 3 is 2.22 bits per heavy atom. The van der Waals surface area contributed by atoms with Gasteiger partial charge in [0, 0.05) is 18.3 Å². The molecule has 4 nitrogen and oxygen atoms in total. The van der Waals surface area contributed by atoms with E-state index in [0.717, 1.165) is 30.0 Å². The van der Waals surface area contributed by atoms with Gasteiger partial charge in [-0.05, 0) is 39.8 Å². The first-order chi connectivity index (χ1) is 8.65. The van der Waals surface area contributed by atoms with E-state index in [1.165, 1.54) is 25.7 Å². The lowest BCUT2D eigenvalue weighted by Crippen LogP contribution is -2.29. The molecule has 1 aromatic heterocycles. The van der Waals surface area contributed by atoms with E-state index < -0.39 is 0 Å². The Morgan fingerprint density at radius 2 is 1.78 bits per heavy atom. The van der Waals surface area contributed by atoms with Gasteiger partial charge in [0.05, 0.1) is 11.8 Å². The van der Waals surface area contributed by atoms with Gasteiger partial charge in [-0.2, -0.15) is 10.4 Å². The molecule has 0 N–H and O–H groups in total. The summed E-state index contributed by atoms with van der Waals surface area (Å²) in [5.41, 5.74) is 3.22. The van der Waals surface area contributed by atoms with E-state index in [1.54, 1.807) is 0 Å². The molecule has 2 rings (SSSR count). The quantitative estimate of drug-likeness (QED) is 0.805. The second kappa shape index (κ2) is 5.53. The summed E-state index contributed by atoms with van der Waals surface area (Å²) >= 11 is 0. The summed E-state index contributed by atoms with van der Waals surface area (Å²) in [6, 6.07) is 2.36. The van der Waals surface area contributed by atoms with E-state index in [-0.39, 0.29) is 6.04 Å². The van der Waals surface area contributed by atoms with Gasteiger partial charge >= 0.3 is 0 Å². The minimum absolute atomic E-state index is 0.128. The van der Waals surface area contributed by atoms with Crippen LogP contribution in [0.1, 0.15) is 48.7 Å². The van der Waals surface area contributed by atoms with E-state index in [2.05, 4.69) is 23.0 Å². The highest BCUT2D eigenvalue weighted by Crippen LogP contribution is 2.28. The minimum atomic E-state index is -0.128. The van der Waals surface area contributed by atoms with E-state index in [0.29, 0.717) is 0 Å². The fourth-order valence-corrected chi connectivity index (χ4v) is 2.87. The molecular formula is C14H22N4. The fraction of sp³-hybridized carbons (Fsp3) is 0.714. The van der Waals surface area contributed by atoms with Crippen LogP contribution in [0.25, 0.3) is 0 Å². The molecule has 1 unspecified atom stereocenters. The maximum Gasteiger partial charge on any atom is 0.127 e. The van der Waals surface area contributed by atoms with Gasteiger partial charge in [-0.15, -0.1) is 0 Å². The lowest BCUT2D eigenvalue weighted by Gasteiger charge is -2.25. The lowest BCUT2D eigenvalue weighted by molar-refractivity contribution is 0.244. The Morgan fingerprint density at radius 1 is 1.17 bits per heavy atom. The van der Waals surface area contributed by atoms with Crippen LogP contribution >= 0.6 is 0 Å². The van der Waals surface area contributed by atoms with Crippen molar-refractivity contribution in [3.05, 3.63) is 17.0 Å². The van der Waals surface area contributed by atoms with Gasteiger partial charge in [0.15, 0.2) is 0 Å². The molecule has 18 heavy (non-hydrogen) atoms. The summed E-state index contributed by atoms with van der Waals surface area (Å²) in [6.07, 6.45) is 4.99. The van der Waals surface area contributed by atoms with Crippen molar-refractivity contribution in [1.29, 1.82) is 5.26 Å². The molecule has 0 amide bonds. The van der Waals surface area contributed by atoms with Crippen molar-refractivity contribution >= 4 is 0 Å². The maximum atomic E-state index is 9.55. The predicted molar refractivity (Wildman–Crippen MR) is 71.1 cm³/mol. The molecule has 98 valence electrons. The molecule has 2 heterocycles. The topological polar surface area (TPSA) is 44.9 Å². The summed E-state index contributed by atoms with van der Waals surface area (Å²) in [4.78, 5) is 2.32. The number of nitrogens with zero attached hydrogens (tertiary/aromatic N) is 4. The Hall–Kier alpha value is -1.34. The molecule has 1 atom stereocenters. The Kier molecular flexibility index (Phi) is 4.03. The van der Waals surface area contributed by atoms with Crippen molar-refractivity contribution in [3.8, 4) is 6.07 Å². The normalized spacial score (nSPS) is 19.2. The molecule has 0 spiro atoms. The first-order valence-corrected chi connectivity index (χ1v) is 6.79. The van der Waals surface area contributed by atoms with Crippen LogP contribution in [0.15, 0.2) is 0 Å². The predicted octanol–water partition coefficient (Wildman–Crippen LogP) is 2.48. The molecule has 1 aromatic rings. The molecule has 0 bridgehead atoms.